The number of aryl methyl sites for hydroxylation is 1. The van der Waals surface area contributed by atoms with Crippen LogP contribution in [0.3, 0.4) is 0 Å². The molecule has 0 bridgehead atoms. The van der Waals surface area contributed by atoms with Crippen LogP contribution in [-0.2, 0) is 12.8 Å². The number of nitrogens with zero attached hydrogens (tertiary/aromatic N) is 1. The highest BCUT2D eigenvalue weighted by molar-refractivity contribution is 6.30. The number of carboxylic acids is 1. The zero-order chi connectivity index (χ0) is 27.7. The average Bonchev–Trinajstić information content (AvgIpc) is 3.08. The van der Waals surface area contributed by atoms with Gasteiger partial charge in [-0.05, 0) is 114 Å². The molecule has 1 N–H and O–H groups in total. The van der Waals surface area contributed by atoms with E-state index in [0.29, 0.717) is 48.3 Å². The Morgan fingerprint density at radius 3 is 2.54 bits per heavy atom. The molecule has 0 spiro atoms. The van der Waals surface area contributed by atoms with Crippen molar-refractivity contribution in [3.63, 3.8) is 0 Å². The van der Waals surface area contributed by atoms with Gasteiger partial charge in [-0.2, -0.15) is 0 Å². The number of hydrogen-bond donors (Lipinski definition) is 1. The van der Waals surface area contributed by atoms with Gasteiger partial charge < -0.3 is 10.0 Å². The topological polar surface area (TPSA) is 40.5 Å². The summed E-state index contributed by atoms with van der Waals surface area (Å²) in [7, 11) is 0. The van der Waals surface area contributed by atoms with Crippen molar-refractivity contribution in [1.29, 1.82) is 0 Å². The van der Waals surface area contributed by atoms with Crippen molar-refractivity contribution < 1.29 is 23.1 Å². The van der Waals surface area contributed by atoms with E-state index < -0.39 is 11.8 Å². The minimum Gasteiger partial charge on any atom is -0.478 e. The van der Waals surface area contributed by atoms with Crippen LogP contribution in [0.2, 0.25) is 5.02 Å². The fourth-order valence-electron chi connectivity index (χ4n) is 5.95. The van der Waals surface area contributed by atoms with Gasteiger partial charge in [0, 0.05) is 19.6 Å². The maximum absolute atomic E-state index is 15.6. The first kappa shape index (κ1) is 27.5. The van der Waals surface area contributed by atoms with E-state index in [1.54, 1.807) is 37.3 Å². The molecule has 3 aromatic carbocycles. The largest absolute Gasteiger partial charge is 0.478 e. The fourth-order valence-corrected chi connectivity index (χ4v) is 6.15. The Bertz CT molecular complexity index is 1450. The number of fused-ring (bicyclic) bond motifs is 1. The molecule has 1 fully saturated rings. The third-order valence-electron chi connectivity index (χ3n) is 7.95. The van der Waals surface area contributed by atoms with E-state index in [1.807, 2.05) is 18.2 Å². The van der Waals surface area contributed by atoms with Crippen molar-refractivity contribution in [2.24, 2.45) is 5.92 Å². The number of likely N-dealkylation sites (tertiary alicyclic amines) is 1. The maximum atomic E-state index is 15.6. The first-order valence-corrected chi connectivity index (χ1v) is 13.8. The molecule has 204 valence electrons. The zero-order valence-corrected chi connectivity index (χ0v) is 22.6. The molecule has 1 saturated heterocycles. The third kappa shape index (κ3) is 5.64. The van der Waals surface area contributed by atoms with Crippen LogP contribution in [0, 0.1) is 24.5 Å². The van der Waals surface area contributed by atoms with E-state index in [-0.39, 0.29) is 23.1 Å². The Morgan fingerprint density at radius 1 is 1.05 bits per heavy atom. The van der Waals surface area contributed by atoms with Gasteiger partial charge in [0.15, 0.2) is 0 Å². The molecular weight excluding hydrogens is 523 g/mol. The molecule has 0 amide bonds. The summed E-state index contributed by atoms with van der Waals surface area (Å²) in [5, 5.41) is 9.60. The van der Waals surface area contributed by atoms with Crippen molar-refractivity contribution in [2.75, 3.05) is 26.3 Å². The predicted octanol–water partition coefficient (Wildman–Crippen LogP) is 7.75. The van der Waals surface area contributed by atoms with Crippen LogP contribution in [0.25, 0.3) is 11.1 Å². The van der Waals surface area contributed by atoms with Gasteiger partial charge in [-0.15, -0.1) is 0 Å². The summed E-state index contributed by atoms with van der Waals surface area (Å²) in [4.78, 5) is 13.8. The summed E-state index contributed by atoms with van der Waals surface area (Å²) in [6, 6.07) is 13.7. The molecule has 2 aliphatic rings. The van der Waals surface area contributed by atoms with Crippen molar-refractivity contribution in [3.05, 3.63) is 104 Å². The summed E-state index contributed by atoms with van der Waals surface area (Å²) >= 11 is 6.05. The highest BCUT2D eigenvalue weighted by atomic mass is 35.5. The second-order valence-corrected chi connectivity index (χ2v) is 11.0. The Morgan fingerprint density at radius 2 is 1.82 bits per heavy atom. The van der Waals surface area contributed by atoms with Crippen LogP contribution in [0.5, 0.6) is 0 Å². The molecule has 1 aliphatic heterocycles. The van der Waals surface area contributed by atoms with Crippen LogP contribution >= 0.6 is 11.6 Å². The van der Waals surface area contributed by atoms with E-state index in [4.69, 9.17) is 11.6 Å². The van der Waals surface area contributed by atoms with Crippen LogP contribution in [-0.4, -0.2) is 42.3 Å². The summed E-state index contributed by atoms with van der Waals surface area (Å²) in [6.45, 7) is 3.80. The lowest BCUT2D eigenvalue weighted by Crippen LogP contribution is -2.48. The number of carboxylic acid groups (broad SMARTS) is 1. The lowest BCUT2D eigenvalue weighted by Gasteiger charge is -2.39. The van der Waals surface area contributed by atoms with Crippen molar-refractivity contribution in [3.8, 4) is 0 Å². The van der Waals surface area contributed by atoms with E-state index >= 15 is 4.39 Å². The Labute approximate surface area is 231 Å². The summed E-state index contributed by atoms with van der Waals surface area (Å²) in [5.41, 5.74) is 6.04. The second kappa shape index (κ2) is 11.6. The molecule has 1 aliphatic carbocycles. The van der Waals surface area contributed by atoms with Crippen LogP contribution in [0.1, 0.15) is 63.0 Å². The van der Waals surface area contributed by atoms with E-state index in [0.717, 1.165) is 53.9 Å². The van der Waals surface area contributed by atoms with Crippen molar-refractivity contribution in [2.45, 2.75) is 39.0 Å². The van der Waals surface area contributed by atoms with Gasteiger partial charge in [0.2, 0.25) is 0 Å². The first-order chi connectivity index (χ1) is 18.8. The molecule has 39 heavy (non-hydrogen) atoms. The van der Waals surface area contributed by atoms with Gasteiger partial charge in [-0.1, -0.05) is 35.9 Å². The van der Waals surface area contributed by atoms with Crippen molar-refractivity contribution in [1.82, 2.24) is 4.90 Å². The van der Waals surface area contributed by atoms with E-state index in [2.05, 4.69) is 4.90 Å². The van der Waals surface area contributed by atoms with Crippen LogP contribution in [0.4, 0.5) is 13.2 Å². The number of alkyl halides is 1. The molecule has 3 aromatic rings. The maximum Gasteiger partial charge on any atom is 0.335 e. The minimum atomic E-state index is -1.00. The molecule has 0 atom stereocenters. The van der Waals surface area contributed by atoms with Gasteiger partial charge in [0.25, 0.3) is 0 Å². The van der Waals surface area contributed by atoms with Gasteiger partial charge in [-0.3, -0.25) is 4.39 Å². The normalized spacial score (nSPS) is 16.1. The number of benzene rings is 3. The van der Waals surface area contributed by atoms with Crippen molar-refractivity contribution >= 4 is 28.7 Å². The van der Waals surface area contributed by atoms with Crippen LogP contribution in [0.15, 0.2) is 48.5 Å². The summed E-state index contributed by atoms with van der Waals surface area (Å²) in [5.74, 6) is -1.44. The SMILES string of the molecule is Cc1c(C2=C(c3ccc(CC4CN(CCCF)C4)c(F)c3)c3ccc(C(=O)O)cc3CCC2)ccc(Cl)c1F. The zero-order valence-electron chi connectivity index (χ0n) is 21.9. The highest BCUT2D eigenvalue weighted by Crippen LogP contribution is 2.42. The number of hydrogen-bond acceptors (Lipinski definition) is 2. The Hall–Kier alpha value is -3.09. The quantitative estimate of drug-likeness (QED) is 0.310. The molecule has 0 aromatic heterocycles. The molecule has 7 heteroatoms. The Kier molecular flexibility index (Phi) is 8.15. The third-order valence-corrected chi connectivity index (χ3v) is 8.24. The molecule has 0 radical (unpaired) electrons. The van der Waals surface area contributed by atoms with Gasteiger partial charge in [0.1, 0.15) is 11.6 Å². The minimum absolute atomic E-state index is 0.0492. The molecule has 0 saturated carbocycles. The number of rotatable bonds is 8. The van der Waals surface area contributed by atoms with E-state index in [9.17, 15) is 18.7 Å². The standard InChI is InChI=1S/C32H31ClF3NO2/c1-19-25(10-11-28(33)31(19)36)27-5-2-4-21-15-24(32(38)39)8-9-26(21)30(27)23-7-6-22(29(35)16-23)14-20-17-37(18-20)13-3-12-34/h6-11,15-16,20H,2-5,12-14,17-18H2,1H3,(H,38,39). The van der Waals surface area contributed by atoms with Gasteiger partial charge in [0.05, 0.1) is 17.3 Å². The Balaban J connectivity index is 1.57. The van der Waals surface area contributed by atoms with Gasteiger partial charge in [-0.25, -0.2) is 13.6 Å². The average molecular weight is 554 g/mol. The lowest BCUT2D eigenvalue weighted by molar-refractivity contribution is 0.0696. The fraction of sp³-hybridized carbons (Fsp3) is 0.344. The number of allylic oxidation sites excluding steroid dienone is 1. The smallest absolute Gasteiger partial charge is 0.335 e. The molecular formula is C32H31ClF3NO2. The number of aromatic carboxylic acids is 1. The monoisotopic (exact) mass is 553 g/mol. The lowest BCUT2D eigenvalue weighted by atomic mass is 9.85. The van der Waals surface area contributed by atoms with Crippen LogP contribution < -0.4 is 0 Å². The first-order valence-electron chi connectivity index (χ1n) is 13.4. The highest BCUT2D eigenvalue weighted by Gasteiger charge is 2.28. The number of carbonyl (C=O) groups is 1. The molecule has 3 nitrogen and oxygen atoms in total. The predicted molar refractivity (Wildman–Crippen MR) is 149 cm³/mol. The summed E-state index contributed by atoms with van der Waals surface area (Å²) in [6.07, 6.45) is 3.15. The van der Waals surface area contributed by atoms with Gasteiger partial charge >= 0.3 is 5.97 Å². The molecule has 0 unspecified atom stereocenters. The summed E-state index contributed by atoms with van der Waals surface area (Å²) < 4.78 is 42.9. The molecule has 5 rings (SSSR count). The molecule has 1 heterocycles. The van der Waals surface area contributed by atoms with E-state index in [1.165, 1.54) is 0 Å². The number of halogens is 4. The second-order valence-electron chi connectivity index (χ2n) is 10.6.